The number of rotatable bonds is 4. The van der Waals surface area contributed by atoms with E-state index >= 15 is 0 Å². The van der Waals surface area contributed by atoms with Crippen LogP contribution in [0.2, 0.25) is 0 Å². The van der Waals surface area contributed by atoms with Crippen molar-refractivity contribution in [2.24, 2.45) is 28.6 Å². The molecule has 0 bridgehead atoms. The van der Waals surface area contributed by atoms with E-state index in [-0.39, 0.29) is 23.0 Å². The summed E-state index contributed by atoms with van der Waals surface area (Å²) in [4.78, 5) is 31.5. The third-order valence-electron chi connectivity index (χ3n) is 10.7. The van der Waals surface area contributed by atoms with Gasteiger partial charge in [0.25, 0.3) is 0 Å². The van der Waals surface area contributed by atoms with Crippen molar-refractivity contribution in [3.8, 4) is 0 Å². The Labute approximate surface area is 193 Å². The summed E-state index contributed by atoms with van der Waals surface area (Å²) in [5.74, 6) is 0.847. The lowest BCUT2D eigenvalue weighted by atomic mass is 9.46. The van der Waals surface area contributed by atoms with Crippen molar-refractivity contribution in [1.82, 2.24) is 9.80 Å². The van der Waals surface area contributed by atoms with Gasteiger partial charge in [-0.05, 0) is 68.1 Å². The topological polar surface area (TPSA) is 60.9 Å². The van der Waals surface area contributed by atoms with Gasteiger partial charge < -0.3 is 10.0 Å². The zero-order valence-corrected chi connectivity index (χ0v) is 20.4. The van der Waals surface area contributed by atoms with Gasteiger partial charge in [-0.1, -0.05) is 33.6 Å². The van der Waals surface area contributed by atoms with E-state index in [9.17, 15) is 14.7 Å². The zero-order valence-electron chi connectivity index (χ0n) is 20.4. The van der Waals surface area contributed by atoms with Gasteiger partial charge >= 0.3 is 0 Å². The molecule has 4 aliphatic carbocycles. The molecule has 5 nitrogen and oxygen atoms in total. The minimum Gasteiger partial charge on any atom is -0.385 e. The molecule has 4 fully saturated rings. The quantitative estimate of drug-likeness (QED) is 0.723. The van der Waals surface area contributed by atoms with Crippen LogP contribution in [0.4, 0.5) is 0 Å². The van der Waals surface area contributed by atoms with E-state index in [1.54, 1.807) is 0 Å². The Hall–Kier alpha value is -1.04. The summed E-state index contributed by atoms with van der Waals surface area (Å²) in [6, 6.07) is 0. The highest BCUT2D eigenvalue weighted by atomic mass is 16.3. The molecule has 3 saturated carbocycles. The summed E-state index contributed by atoms with van der Waals surface area (Å²) in [7, 11) is 0. The van der Waals surface area contributed by atoms with Crippen LogP contribution in [0, 0.1) is 28.6 Å². The normalized spacial score (nSPS) is 45.1. The zero-order chi connectivity index (χ0) is 22.7. The van der Waals surface area contributed by atoms with Crippen LogP contribution in [0.1, 0.15) is 72.1 Å². The number of carbonyl (C=O) groups is 2. The lowest BCUT2D eigenvalue weighted by Gasteiger charge is -2.59. The van der Waals surface area contributed by atoms with E-state index in [2.05, 4.69) is 30.6 Å². The first kappa shape index (κ1) is 22.7. The van der Waals surface area contributed by atoms with E-state index in [1.807, 2.05) is 6.08 Å². The van der Waals surface area contributed by atoms with Gasteiger partial charge in [-0.3, -0.25) is 14.5 Å². The molecule has 5 heteroatoms. The van der Waals surface area contributed by atoms with E-state index < -0.39 is 11.0 Å². The molecule has 178 valence electrons. The lowest BCUT2D eigenvalue weighted by Crippen LogP contribution is -2.59. The van der Waals surface area contributed by atoms with Crippen molar-refractivity contribution >= 4 is 11.6 Å². The molecule has 0 aromatic heterocycles. The van der Waals surface area contributed by atoms with E-state index in [0.29, 0.717) is 24.7 Å². The number of aliphatic hydroxyl groups is 1. The van der Waals surface area contributed by atoms with Crippen LogP contribution in [0.15, 0.2) is 11.6 Å². The highest BCUT2D eigenvalue weighted by Gasteiger charge is 2.66. The Morgan fingerprint density at radius 2 is 1.72 bits per heavy atom. The van der Waals surface area contributed by atoms with Crippen molar-refractivity contribution in [3.05, 3.63) is 11.6 Å². The van der Waals surface area contributed by atoms with Gasteiger partial charge in [-0.25, -0.2) is 0 Å². The highest BCUT2D eigenvalue weighted by Crippen LogP contribution is 2.67. The third kappa shape index (κ3) is 3.21. The monoisotopic (exact) mass is 442 g/mol. The van der Waals surface area contributed by atoms with Gasteiger partial charge in [0.1, 0.15) is 0 Å². The average molecular weight is 443 g/mol. The van der Waals surface area contributed by atoms with E-state index in [1.165, 1.54) is 6.42 Å². The van der Waals surface area contributed by atoms with E-state index in [4.69, 9.17) is 0 Å². The van der Waals surface area contributed by atoms with Gasteiger partial charge in [0.05, 0.1) is 12.1 Å². The first-order valence-corrected chi connectivity index (χ1v) is 13.2. The van der Waals surface area contributed by atoms with Gasteiger partial charge in [-0.15, -0.1) is 0 Å². The smallest absolute Gasteiger partial charge is 0.159 e. The molecular weight excluding hydrogens is 400 g/mol. The van der Waals surface area contributed by atoms with Crippen LogP contribution in [0.25, 0.3) is 0 Å². The predicted molar refractivity (Wildman–Crippen MR) is 125 cm³/mol. The summed E-state index contributed by atoms with van der Waals surface area (Å²) in [5.41, 5.74) is -0.477. The molecule has 5 rings (SSSR count). The number of ketones is 2. The summed E-state index contributed by atoms with van der Waals surface area (Å²) < 4.78 is 0. The van der Waals surface area contributed by atoms with Crippen molar-refractivity contribution in [1.29, 1.82) is 0 Å². The van der Waals surface area contributed by atoms with Crippen molar-refractivity contribution in [2.45, 2.75) is 77.7 Å². The maximum Gasteiger partial charge on any atom is 0.159 e. The fourth-order valence-electron chi connectivity index (χ4n) is 8.50. The molecule has 0 amide bonds. The van der Waals surface area contributed by atoms with Crippen LogP contribution in [0.3, 0.4) is 0 Å². The lowest BCUT2D eigenvalue weighted by molar-refractivity contribution is -0.142. The molecule has 1 aliphatic heterocycles. The Bertz CT molecular complexity index is 816. The number of nitrogens with zero attached hydrogens (tertiary/aromatic N) is 2. The van der Waals surface area contributed by atoms with Crippen LogP contribution in [0.5, 0.6) is 0 Å². The SMILES string of the molecule is CCN1CCN(CC(=O)C2CC[C@@]3(O)C4=CC(=O)C5CCCCC5(C)C4CCC23C)CC1. The molecule has 32 heavy (non-hydrogen) atoms. The minimum absolute atomic E-state index is 0.0163. The maximum absolute atomic E-state index is 13.5. The second kappa shape index (κ2) is 8.02. The molecule has 5 aliphatic rings. The van der Waals surface area contributed by atoms with Crippen molar-refractivity contribution in [3.63, 3.8) is 0 Å². The maximum atomic E-state index is 13.5. The van der Waals surface area contributed by atoms with Gasteiger partial charge in [0, 0.05) is 43.4 Å². The highest BCUT2D eigenvalue weighted by molar-refractivity contribution is 5.95. The number of piperazine rings is 1. The first-order chi connectivity index (χ1) is 15.2. The van der Waals surface area contributed by atoms with Crippen LogP contribution in [-0.4, -0.2) is 71.3 Å². The Balaban J connectivity index is 1.37. The summed E-state index contributed by atoms with van der Waals surface area (Å²) in [5, 5.41) is 12.2. The summed E-state index contributed by atoms with van der Waals surface area (Å²) in [6.07, 6.45) is 9.53. The van der Waals surface area contributed by atoms with Gasteiger partial charge in [0.15, 0.2) is 11.6 Å². The number of carbonyl (C=O) groups excluding carboxylic acids is 2. The second-order valence-corrected chi connectivity index (χ2v) is 11.9. The van der Waals surface area contributed by atoms with Gasteiger partial charge in [0.2, 0.25) is 0 Å². The molecular formula is C27H42N2O3. The van der Waals surface area contributed by atoms with Gasteiger partial charge in [-0.2, -0.15) is 0 Å². The largest absolute Gasteiger partial charge is 0.385 e. The predicted octanol–water partition coefficient (Wildman–Crippen LogP) is 3.46. The van der Waals surface area contributed by atoms with Crippen LogP contribution >= 0.6 is 0 Å². The first-order valence-electron chi connectivity index (χ1n) is 13.2. The van der Waals surface area contributed by atoms with Crippen molar-refractivity contribution < 1.29 is 14.7 Å². The van der Waals surface area contributed by atoms with E-state index in [0.717, 1.165) is 76.8 Å². The third-order valence-corrected chi connectivity index (χ3v) is 10.7. The Morgan fingerprint density at radius 3 is 2.44 bits per heavy atom. The summed E-state index contributed by atoms with van der Waals surface area (Å²) in [6.45, 7) is 12.2. The average Bonchev–Trinajstić information content (AvgIpc) is 3.06. The number of fused-ring (bicyclic) bond motifs is 5. The van der Waals surface area contributed by atoms with Crippen LogP contribution in [-0.2, 0) is 9.59 Å². The standard InChI is InChI=1S/C27H42N2O3/c1-4-28-13-15-29(16-14-28)18-24(31)21-9-12-27(32)22-17-23(30)20-7-5-6-10-25(20,2)19(22)8-11-26(21,27)3/h17,19-21,32H,4-16,18H2,1-3H3/t19?,20?,21?,25?,26?,27-/m1/s1. The Morgan fingerprint density at radius 1 is 1.00 bits per heavy atom. The minimum atomic E-state index is -1.00. The molecule has 0 aromatic rings. The molecule has 0 aromatic carbocycles. The number of allylic oxidation sites excluding steroid dienone is 1. The number of likely N-dealkylation sites (N-methyl/N-ethyl adjacent to an activating group) is 1. The summed E-state index contributed by atoms with van der Waals surface area (Å²) >= 11 is 0. The molecule has 1 N–H and O–H groups in total. The fraction of sp³-hybridized carbons (Fsp3) is 0.852. The molecule has 5 unspecified atom stereocenters. The molecule has 1 heterocycles. The molecule has 1 saturated heterocycles. The number of hydrogen-bond donors (Lipinski definition) is 1. The Kier molecular flexibility index (Phi) is 5.70. The number of hydrogen-bond acceptors (Lipinski definition) is 5. The number of Topliss-reactive ketones (excluding diaryl/α,β-unsaturated/α-hetero) is 1. The second-order valence-electron chi connectivity index (χ2n) is 11.9. The van der Waals surface area contributed by atoms with Crippen molar-refractivity contribution in [2.75, 3.05) is 39.3 Å². The molecule has 0 radical (unpaired) electrons. The molecule has 0 spiro atoms. The fourth-order valence-corrected chi connectivity index (χ4v) is 8.50. The van der Waals surface area contributed by atoms with Crippen LogP contribution < -0.4 is 0 Å². The molecule has 6 atom stereocenters.